The predicted octanol–water partition coefficient (Wildman–Crippen LogP) is 1.78. The van der Waals surface area contributed by atoms with Gasteiger partial charge in [-0.05, 0) is 18.4 Å². The number of carbonyl (C=O) groups is 1. The van der Waals surface area contributed by atoms with Gasteiger partial charge in [0.1, 0.15) is 6.61 Å². The van der Waals surface area contributed by atoms with Crippen molar-refractivity contribution in [3.63, 3.8) is 0 Å². The Morgan fingerprint density at radius 2 is 2.11 bits per heavy atom. The topological polar surface area (TPSA) is 49.8 Å². The van der Waals surface area contributed by atoms with Crippen LogP contribution in [-0.2, 0) is 11.3 Å². The van der Waals surface area contributed by atoms with E-state index in [1.54, 1.807) is 4.90 Å². The van der Waals surface area contributed by atoms with Gasteiger partial charge in [-0.1, -0.05) is 30.3 Å². The van der Waals surface area contributed by atoms with Crippen LogP contribution >= 0.6 is 0 Å². The number of amides is 1. The number of ether oxygens (including phenoxy) is 1. The van der Waals surface area contributed by atoms with Gasteiger partial charge in [-0.15, -0.1) is 0 Å². The van der Waals surface area contributed by atoms with Crippen molar-refractivity contribution in [1.29, 1.82) is 0 Å². The lowest BCUT2D eigenvalue weighted by Crippen LogP contribution is -2.41. The molecule has 1 saturated carbocycles. The van der Waals surface area contributed by atoms with E-state index in [0.717, 1.165) is 12.0 Å². The molecule has 1 amide bonds. The monoisotopic (exact) mass is 247 g/mol. The zero-order valence-electron chi connectivity index (χ0n) is 10.2. The number of hydrogen-bond donors (Lipinski definition) is 1. The summed E-state index contributed by atoms with van der Waals surface area (Å²) in [6.45, 7) is 0.954. The Bertz CT molecular complexity index is 432. The molecule has 0 aromatic heterocycles. The van der Waals surface area contributed by atoms with Crippen molar-refractivity contribution in [3.8, 4) is 0 Å². The van der Waals surface area contributed by atoms with Crippen LogP contribution in [0.5, 0.6) is 0 Å². The molecule has 2 fully saturated rings. The van der Waals surface area contributed by atoms with Gasteiger partial charge < -0.3 is 14.7 Å². The van der Waals surface area contributed by atoms with Crippen LogP contribution in [0.3, 0.4) is 0 Å². The van der Waals surface area contributed by atoms with Crippen LogP contribution < -0.4 is 0 Å². The molecule has 1 saturated heterocycles. The quantitative estimate of drug-likeness (QED) is 0.866. The first kappa shape index (κ1) is 11.5. The van der Waals surface area contributed by atoms with Gasteiger partial charge in [-0.2, -0.15) is 0 Å². The summed E-state index contributed by atoms with van der Waals surface area (Å²) in [5.74, 6) is 0.249. The third kappa shape index (κ3) is 2.08. The largest absolute Gasteiger partial charge is 0.445 e. The molecule has 3 atom stereocenters. The number of likely N-dealkylation sites (tertiary alicyclic amines) is 1. The maximum Gasteiger partial charge on any atom is 0.410 e. The Morgan fingerprint density at radius 3 is 2.72 bits per heavy atom. The van der Waals surface area contributed by atoms with Crippen molar-refractivity contribution in [3.05, 3.63) is 35.9 Å². The summed E-state index contributed by atoms with van der Waals surface area (Å²) in [7, 11) is 0. The summed E-state index contributed by atoms with van der Waals surface area (Å²) >= 11 is 0. The number of hydrogen-bond acceptors (Lipinski definition) is 3. The number of fused-ring (bicyclic) bond motifs is 2. The molecular formula is C14H17NO3. The van der Waals surface area contributed by atoms with Crippen molar-refractivity contribution >= 4 is 6.09 Å². The molecule has 18 heavy (non-hydrogen) atoms. The number of benzene rings is 1. The zero-order chi connectivity index (χ0) is 12.5. The summed E-state index contributed by atoms with van der Waals surface area (Å²) in [4.78, 5) is 13.7. The number of aliphatic hydroxyl groups excluding tert-OH is 1. The van der Waals surface area contributed by atoms with E-state index in [1.807, 2.05) is 30.3 Å². The number of nitrogens with zero attached hydrogens (tertiary/aromatic N) is 1. The standard InChI is InChI=1S/C14H17NO3/c16-13-7-12-6-11(13)8-15(12)14(17)18-9-10-4-2-1-3-5-10/h1-5,11-13,16H,6-9H2. The minimum atomic E-state index is -0.252. The first-order valence-corrected chi connectivity index (χ1v) is 6.39. The Labute approximate surface area is 106 Å². The average molecular weight is 247 g/mol. The Hall–Kier alpha value is -1.55. The molecule has 1 heterocycles. The lowest BCUT2D eigenvalue weighted by Gasteiger charge is -2.28. The zero-order valence-corrected chi connectivity index (χ0v) is 10.2. The Morgan fingerprint density at radius 1 is 1.33 bits per heavy atom. The average Bonchev–Trinajstić information content (AvgIpc) is 2.96. The smallest absolute Gasteiger partial charge is 0.410 e. The highest BCUT2D eigenvalue weighted by molar-refractivity contribution is 5.68. The highest BCUT2D eigenvalue weighted by Crippen LogP contribution is 2.37. The van der Waals surface area contributed by atoms with E-state index in [-0.39, 0.29) is 24.2 Å². The van der Waals surface area contributed by atoms with E-state index in [4.69, 9.17) is 4.74 Å². The molecule has 2 aliphatic rings. The highest BCUT2D eigenvalue weighted by Gasteiger charge is 2.46. The van der Waals surface area contributed by atoms with E-state index < -0.39 is 0 Å². The second-order valence-corrected chi connectivity index (χ2v) is 5.15. The molecular weight excluding hydrogens is 230 g/mol. The van der Waals surface area contributed by atoms with Crippen molar-refractivity contribution in [1.82, 2.24) is 4.90 Å². The van der Waals surface area contributed by atoms with E-state index in [0.29, 0.717) is 19.6 Å². The fourth-order valence-corrected chi connectivity index (χ4v) is 2.95. The lowest BCUT2D eigenvalue weighted by molar-refractivity contribution is 0.0517. The van der Waals surface area contributed by atoms with Gasteiger partial charge >= 0.3 is 6.09 Å². The van der Waals surface area contributed by atoms with Crippen LogP contribution in [0.25, 0.3) is 0 Å². The van der Waals surface area contributed by atoms with Gasteiger partial charge in [0.2, 0.25) is 0 Å². The molecule has 1 aromatic rings. The molecule has 4 nitrogen and oxygen atoms in total. The van der Waals surface area contributed by atoms with Gasteiger partial charge in [0.25, 0.3) is 0 Å². The molecule has 2 bridgehead atoms. The van der Waals surface area contributed by atoms with Crippen LogP contribution in [0, 0.1) is 5.92 Å². The van der Waals surface area contributed by atoms with Crippen LogP contribution in [0.1, 0.15) is 18.4 Å². The molecule has 1 aliphatic carbocycles. The molecule has 3 unspecified atom stereocenters. The van der Waals surface area contributed by atoms with Gasteiger partial charge in [0, 0.05) is 18.5 Å². The van der Waals surface area contributed by atoms with E-state index in [9.17, 15) is 9.90 Å². The van der Waals surface area contributed by atoms with Gasteiger partial charge in [0.05, 0.1) is 6.10 Å². The molecule has 0 spiro atoms. The first-order valence-electron chi connectivity index (χ1n) is 6.39. The van der Waals surface area contributed by atoms with E-state index in [1.165, 1.54) is 0 Å². The highest BCUT2D eigenvalue weighted by atomic mass is 16.6. The number of rotatable bonds is 2. The number of piperidine rings is 1. The molecule has 96 valence electrons. The third-order valence-electron chi connectivity index (χ3n) is 3.94. The summed E-state index contributed by atoms with van der Waals surface area (Å²) in [5, 5.41) is 9.65. The number of aliphatic hydroxyl groups is 1. The van der Waals surface area contributed by atoms with Gasteiger partial charge in [-0.25, -0.2) is 4.79 Å². The van der Waals surface area contributed by atoms with Crippen LogP contribution in [0.4, 0.5) is 4.79 Å². The fraction of sp³-hybridized carbons (Fsp3) is 0.500. The molecule has 1 aliphatic heterocycles. The van der Waals surface area contributed by atoms with E-state index in [2.05, 4.69) is 0 Å². The number of carbonyl (C=O) groups excluding carboxylic acids is 1. The first-order chi connectivity index (χ1) is 8.74. The summed E-state index contributed by atoms with van der Waals surface area (Å²) in [5.41, 5.74) is 0.996. The van der Waals surface area contributed by atoms with Gasteiger partial charge in [0.15, 0.2) is 0 Å². The third-order valence-corrected chi connectivity index (χ3v) is 3.94. The molecule has 0 radical (unpaired) electrons. The second kappa shape index (κ2) is 4.61. The Balaban J connectivity index is 1.54. The van der Waals surface area contributed by atoms with Crippen LogP contribution in [-0.4, -0.2) is 34.8 Å². The van der Waals surface area contributed by atoms with Crippen LogP contribution in [0.2, 0.25) is 0 Å². The molecule has 1 N–H and O–H groups in total. The SMILES string of the molecule is O=C(OCc1ccccc1)N1CC2CC1CC2O. The van der Waals surface area contributed by atoms with Crippen molar-refractivity contribution < 1.29 is 14.6 Å². The fourth-order valence-electron chi connectivity index (χ4n) is 2.95. The van der Waals surface area contributed by atoms with Crippen molar-refractivity contribution in [2.24, 2.45) is 5.92 Å². The summed E-state index contributed by atoms with van der Waals surface area (Å²) < 4.78 is 5.31. The molecule has 3 rings (SSSR count). The predicted molar refractivity (Wildman–Crippen MR) is 65.9 cm³/mol. The van der Waals surface area contributed by atoms with Crippen molar-refractivity contribution in [2.75, 3.05) is 6.54 Å². The lowest BCUT2D eigenvalue weighted by atomic mass is 10.1. The summed E-state index contributed by atoms with van der Waals surface area (Å²) in [6.07, 6.45) is 1.14. The van der Waals surface area contributed by atoms with Gasteiger partial charge in [-0.3, -0.25) is 0 Å². The second-order valence-electron chi connectivity index (χ2n) is 5.15. The normalized spacial score (nSPS) is 29.6. The molecule has 4 heteroatoms. The Kier molecular flexibility index (Phi) is 2.96. The van der Waals surface area contributed by atoms with E-state index >= 15 is 0 Å². The maximum atomic E-state index is 11.9. The van der Waals surface area contributed by atoms with Crippen LogP contribution in [0.15, 0.2) is 30.3 Å². The maximum absolute atomic E-state index is 11.9. The summed E-state index contributed by atoms with van der Waals surface area (Å²) in [6, 6.07) is 9.84. The minimum Gasteiger partial charge on any atom is -0.445 e. The molecule has 1 aromatic carbocycles. The minimum absolute atomic E-state index is 0.174. The van der Waals surface area contributed by atoms with Crippen molar-refractivity contribution in [2.45, 2.75) is 31.6 Å².